The van der Waals surface area contributed by atoms with E-state index in [0.29, 0.717) is 11.7 Å². The van der Waals surface area contributed by atoms with E-state index in [0.717, 1.165) is 17.9 Å². The number of hydrogen-bond donors (Lipinski definition) is 2. The van der Waals surface area contributed by atoms with Gasteiger partial charge in [-0.3, -0.25) is 4.98 Å². The number of amidine groups is 1. The average Bonchev–Trinajstić information content (AvgIpc) is 2.43. The first-order chi connectivity index (χ1) is 8.61. The minimum atomic E-state index is 0.0366. The Bertz CT molecular complexity index is 411. The normalized spacial score (nSPS) is 13.4. The van der Waals surface area contributed by atoms with E-state index < -0.39 is 0 Å². The van der Waals surface area contributed by atoms with Gasteiger partial charge in [-0.2, -0.15) is 11.8 Å². The number of pyridine rings is 1. The fourth-order valence-electron chi connectivity index (χ4n) is 1.65. The lowest BCUT2D eigenvalue weighted by Gasteiger charge is -2.28. The van der Waals surface area contributed by atoms with Crippen LogP contribution in [-0.2, 0) is 0 Å². The molecule has 0 saturated carbocycles. The SMILES string of the molecule is CSCCC(C)N(C)c1cccnc1/C(N)=N/O. The van der Waals surface area contributed by atoms with Crippen LogP contribution in [0.4, 0.5) is 5.69 Å². The van der Waals surface area contributed by atoms with E-state index in [1.54, 1.807) is 6.20 Å². The third-order valence-electron chi connectivity index (χ3n) is 2.92. The Kier molecular flexibility index (Phi) is 5.77. The molecule has 3 N–H and O–H groups in total. The van der Waals surface area contributed by atoms with Crippen molar-refractivity contribution in [2.75, 3.05) is 24.0 Å². The molecule has 0 radical (unpaired) electrons. The van der Waals surface area contributed by atoms with Gasteiger partial charge in [-0.15, -0.1) is 0 Å². The van der Waals surface area contributed by atoms with Crippen LogP contribution in [0.5, 0.6) is 0 Å². The van der Waals surface area contributed by atoms with E-state index in [9.17, 15) is 0 Å². The zero-order chi connectivity index (χ0) is 13.5. The minimum Gasteiger partial charge on any atom is -0.409 e. The van der Waals surface area contributed by atoms with E-state index in [2.05, 4.69) is 28.2 Å². The maximum Gasteiger partial charge on any atom is 0.190 e. The summed E-state index contributed by atoms with van der Waals surface area (Å²) in [7, 11) is 2.00. The van der Waals surface area contributed by atoms with Crippen LogP contribution in [0.1, 0.15) is 19.0 Å². The number of aromatic nitrogens is 1. The summed E-state index contributed by atoms with van der Waals surface area (Å²) in [5.74, 6) is 1.14. The highest BCUT2D eigenvalue weighted by Crippen LogP contribution is 2.20. The Morgan fingerprint density at radius 2 is 2.39 bits per heavy atom. The predicted octanol–water partition coefficient (Wildman–Crippen LogP) is 1.75. The topological polar surface area (TPSA) is 74.7 Å². The van der Waals surface area contributed by atoms with Crippen LogP contribution in [0.15, 0.2) is 23.5 Å². The van der Waals surface area contributed by atoms with Crippen molar-refractivity contribution < 1.29 is 5.21 Å². The molecule has 1 aromatic heterocycles. The van der Waals surface area contributed by atoms with Gasteiger partial charge in [-0.1, -0.05) is 5.16 Å². The van der Waals surface area contributed by atoms with Crippen molar-refractivity contribution in [1.82, 2.24) is 4.98 Å². The molecule has 6 heteroatoms. The molecular formula is C12H20N4OS. The van der Waals surface area contributed by atoms with Crippen molar-refractivity contribution in [3.8, 4) is 0 Å². The van der Waals surface area contributed by atoms with E-state index in [1.807, 2.05) is 30.9 Å². The van der Waals surface area contributed by atoms with Gasteiger partial charge in [-0.05, 0) is 37.5 Å². The van der Waals surface area contributed by atoms with Gasteiger partial charge in [0.15, 0.2) is 5.84 Å². The van der Waals surface area contributed by atoms with Crippen LogP contribution in [0.2, 0.25) is 0 Å². The number of thioether (sulfide) groups is 1. The van der Waals surface area contributed by atoms with Crippen LogP contribution in [0.3, 0.4) is 0 Å². The first kappa shape index (κ1) is 14.6. The molecule has 0 aliphatic rings. The molecule has 0 bridgehead atoms. The Balaban J connectivity index is 2.94. The monoisotopic (exact) mass is 268 g/mol. The van der Waals surface area contributed by atoms with Gasteiger partial charge in [0.1, 0.15) is 5.69 Å². The number of oxime groups is 1. The van der Waals surface area contributed by atoms with Crippen molar-refractivity contribution in [2.24, 2.45) is 10.9 Å². The van der Waals surface area contributed by atoms with Gasteiger partial charge < -0.3 is 15.8 Å². The number of nitrogens with zero attached hydrogens (tertiary/aromatic N) is 3. The molecule has 1 aromatic rings. The Labute approximate surface area is 112 Å². The molecule has 0 aliphatic heterocycles. The Morgan fingerprint density at radius 1 is 1.67 bits per heavy atom. The molecule has 0 aliphatic carbocycles. The smallest absolute Gasteiger partial charge is 0.190 e. The second-order valence-corrected chi connectivity index (χ2v) is 5.08. The third kappa shape index (κ3) is 3.53. The minimum absolute atomic E-state index is 0.0366. The molecule has 0 saturated heterocycles. The summed E-state index contributed by atoms with van der Waals surface area (Å²) in [5, 5.41) is 11.8. The zero-order valence-corrected chi connectivity index (χ0v) is 11.8. The summed E-state index contributed by atoms with van der Waals surface area (Å²) in [6, 6.07) is 4.14. The van der Waals surface area contributed by atoms with Crippen LogP contribution in [0, 0.1) is 0 Å². The molecule has 0 spiro atoms. The lowest BCUT2D eigenvalue weighted by Crippen LogP contribution is -2.32. The van der Waals surface area contributed by atoms with Crippen molar-refractivity contribution in [2.45, 2.75) is 19.4 Å². The van der Waals surface area contributed by atoms with Crippen LogP contribution >= 0.6 is 11.8 Å². The van der Waals surface area contributed by atoms with Crippen molar-refractivity contribution in [1.29, 1.82) is 0 Å². The first-order valence-corrected chi connectivity index (χ1v) is 7.15. The molecule has 5 nitrogen and oxygen atoms in total. The Hall–Kier alpha value is -1.43. The van der Waals surface area contributed by atoms with Crippen molar-refractivity contribution in [3.63, 3.8) is 0 Å². The fraction of sp³-hybridized carbons (Fsp3) is 0.500. The molecule has 1 atom stereocenters. The number of anilines is 1. The zero-order valence-electron chi connectivity index (χ0n) is 11.0. The average molecular weight is 268 g/mol. The number of rotatable bonds is 6. The van der Waals surface area contributed by atoms with Crippen molar-refractivity contribution >= 4 is 23.3 Å². The van der Waals surface area contributed by atoms with Gasteiger partial charge >= 0.3 is 0 Å². The van der Waals surface area contributed by atoms with Crippen LogP contribution < -0.4 is 10.6 Å². The highest BCUT2D eigenvalue weighted by Gasteiger charge is 2.16. The summed E-state index contributed by atoms with van der Waals surface area (Å²) >= 11 is 1.83. The van der Waals surface area contributed by atoms with Gasteiger partial charge in [0.25, 0.3) is 0 Å². The Morgan fingerprint density at radius 3 is 3.00 bits per heavy atom. The fourth-order valence-corrected chi connectivity index (χ4v) is 2.22. The largest absolute Gasteiger partial charge is 0.409 e. The lowest BCUT2D eigenvalue weighted by atomic mass is 10.2. The standard InChI is InChI=1S/C12H20N4OS/c1-9(6-8-18-3)16(2)10-5-4-7-14-11(10)12(13)15-17/h4-5,7,9,17H,6,8H2,1-3H3,(H2,13,15). The van der Waals surface area contributed by atoms with Crippen molar-refractivity contribution in [3.05, 3.63) is 24.0 Å². The molecule has 0 fully saturated rings. The second kappa shape index (κ2) is 7.10. The highest BCUT2D eigenvalue weighted by atomic mass is 32.2. The molecule has 1 rings (SSSR count). The molecule has 18 heavy (non-hydrogen) atoms. The second-order valence-electron chi connectivity index (χ2n) is 4.10. The molecule has 100 valence electrons. The molecule has 1 unspecified atom stereocenters. The summed E-state index contributed by atoms with van der Waals surface area (Å²) in [4.78, 5) is 6.28. The number of nitrogens with two attached hydrogens (primary N) is 1. The third-order valence-corrected chi connectivity index (χ3v) is 3.56. The van der Waals surface area contributed by atoms with E-state index >= 15 is 0 Å². The van der Waals surface area contributed by atoms with E-state index in [-0.39, 0.29) is 5.84 Å². The lowest BCUT2D eigenvalue weighted by molar-refractivity contribution is 0.318. The maximum absolute atomic E-state index is 8.78. The summed E-state index contributed by atoms with van der Waals surface area (Å²) in [5.41, 5.74) is 7.03. The van der Waals surface area contributed by atoms with Gasteiger partial charge in [0, 0.05) is 19.3 Å². The first-order valence-electron chi connectivity index (χ1n) is 5.76. The van der Waals surface area contributed by atoms with Crippen LogP contribution in [0.25, 0.3) is 0 Å². The van der Waals surface area contributed by atoms with Crippen LogP contribution in [-0.4, -0.2) is 41.1 Å². The molecule has 0 amide bonds. The maximum atomic E-state index is 8.78. The summed E-state index contributed by atoms with van der Waals surface area (Å²) in [6.45, 7) is 2.15. The summed E-state index contributed by atoms with van der Waals surface area (Å²) < 4.78 is 0. The quantitative estimate of drug-likeness (QED) is 0.356. The highest BCUT2D eigenvalue weighted by molar-refractivity contribution is 7.98. The van der Waals surface area contributed by atoms with Gasteiger partial charge in [-0.25, -0.2) is 0 Å². The van der Waals surface area contributed by atoms with Gasteiger partial charge in [0.05, 0.1) is 5.69 Å². The summed E-state index contributed by atoms with van der Waals surface area (Å²) in [6.07, 6.45) is 4.80. The number of hydrogen-bond acceptors (Lipinski definition) is 5. The molecule has 1 heterocycles. The predicted molar refractivity (Wildman–Crippen MR) is 77.6 cm³/mol. The van der Waals surface area contributed by atoms with Gasteiger partial charge in [0.2, 0.25) is 0 Å². The molecule has 0 aromatic carbocycles. The van der Waals surface area contributed by atoms with E-state index in [4.69, 9.17) is 10.9 Å². The molecular weight excluding hydrogens is 248 g/mol. The van der Waals surface area contributed by atoms with E-state index in [1.165, 1.54) is 0 Å².